The van der Waals surface area contributed by atoms with E-state index in [1.54, 1.807) is 0 Å². The predicted octanol–water partition coefficient (Wildman–Crippen LogP) is 24.4. The van der Waals surface area contributed by atoms with Crippen LogP contribution in [-0.2, 0) is 65.4 Å². The van der Waals surface area contributed by atoms with Gasteiger partial charge in [0.2, 0.25) is 0 Å². The van der Waals surface area contributed by atoms with Crippen LogP contribution in [0.5, 0.6) is 0 Å². The fraction of sp³-hybridized carbons (Fsp3) is 0.951. The number of rotatable bonds is 81. The van der Waals surface area contributed by atoms with Crippen molar-refractivity contribution in [3.63, 3.8) is 0 Å². The maximum absolute atomic E-state index is 13.1. The molecule has 19 heteroatoms. The van der Waals surface area contributed by atoms with Crippen molar-refractivity contribution in [3.05, 3.63) is 0 Å². The van der Waals surface area contributed by atoms with E-state index in [0.717, 1.165) is 109 Å². The standard InChI is InChI=1S/C81H158O17P2/c1-6-9-12-15-18-20-22-24-26-28-30-32-34-36-38-40-45-50-55-60-65-79(84)92-71-77(98-80(85)66-61-56-51-46-41-39-37-35-33-31-29-27-25-23-21-19-16-13-10-7-2)73-96-100(89,90)94-69-75(82)68-93-99(87,88)95-72-76(70-91-78(83)64-59-54-48-17-14-11-8-3)97-81(86)67-62-57-52-47-43-42-44-49-53-58-63-74(4)5/h74-77,82H,6-73H2,1-5H3,(H,87,88)(H,89,90)/t75-,76+,77+/m0/s1. The van der Waals surface area contributed by atoms with Crippen molar-refractivity contribution >= 4 is 39.5 Å². The summed E-state index contributed by atoms with van der Waals surface area (Å²) >= 11 is 0. The first-order valence-corrected chi connectivity index (χ1v) is 45.1. The molecule has 100 heavy (non-hydrogen) atoms. The second kappa shape index (κ2) is 73.9. The third kappa shape index (κ3) is 74.3. The quantitative estimate of drug-likeness (QED) is 0.0222. The summed E-state index contributed by atoms with van der Waals surface area (Å²) < 4.78 is 68.6. The maximum atomic E-state index is 13.1. The highest BCUT2D eigenvalue weighted by molar-refractivity contribution is 7.47. The second-order valence-corrected chi connectivity index (χ2v) is 32.5. The molecular weight excluding hydrogens is 1310 g/mol. The van der Waals surface area contributed by atoms with E-state index in [2.05, 4.69) is 34.6 Å². The van der Waals surface area contributed by atoms with E-state index in [1.165, 1.54) is 244 Å². The van der Waals surface area contributed by atoms with Crippen molar-refractivity contribution in [2.75, 3.05) is 39.6 Å². The van der Waals surface area contributed by atoms with E-state index < -0.39 is 97.5 Å². The molecule has 594 valence electrons. The van der Waals surface area contributed by atoms with Crippen molar-refractivity contribution in [1.82, 2.24) is 0 Å². The van der Waals surface area contributed by atoms with Crippen LogP contribution in [0, 0.1) is 5.92 Å². The molecule has 0 saturated carbocycles. The largest absolute Gasteiger partial charge is 0.472 e. The number of phosphoric ester groups is 2. The number of aliphatic hydroxyl groups is 1. The lowest BCUT2D eigenvalue weighted by molar-refractivity contribution is -0.161. The van der Waals surface area contributed by atoms with E-state index in [1.807, 2.05) is 0 Å². The van der Waals surface area contributed by atoms with Gasteiger partial charge in [0.15, 0.2) is 12.2 Å². The first-order chi connectivity index (χ1) is 48.5. The minimum atomic E-state index is -4.96. The summed E-state index contributed by atoms with van der Waals surface area (Å²) in [5, 5.41) is 10.6. The number of carbonyl (C=O) groups is 4. The summed E-state index contributed by atoms with van der Waals surface area (Å²) in [6.07, 6.45) is 65.6. The van der Waals surface area contributed by atoms with Gasteiger partial charge in [0.1, 0.15) is 19.3 Å². The Bertz CT molecular complexity index is 1910. The molecule has 0 aromatic carbocycles. The SMILES string of the molecule is CCCCCCCCCCCCCCCCCCCCCCC(=O)OC[C@H](COP(=O)(O)OC[C@@H](O)COP(=O)(O)OC[C@@H](COC(=O)CCCCCCCCC)OC(=O)CCCCCCCCCCCCC(C)C)OC(=O)CCCCCCCCCCCCCCCCCCCCCC. The zero-order valence-corrected chi connectivity index (χ0v) is 67.1. The lowest BCUT2D eigenvalue weighted by Crippen LogP contribution is -2.30. The molecule has 0 rings (SSSR count). The van der Waals surface area contributed by atoms with Gasteiger partial charge in [-0.3, -0.25) is 37.3 Å². The fourth-order valence-electron chi connectivity index (χ4n) is 12.6. The Morgan fingerprint density at radius 1 is 0.270 bits per heavy atom. The smallest absolute Gasteiger partial charge is 0.462 e. The van der Waals surface area contributed by atoms with Crippen LogP contribution in [0.4, 0.5) is 0 Å². The van der Waals surface area contributed by atoms with Crippen molar-refractivity contribution < 1.29 is 80.2 Å². The molecule has 0 amide bonds. The summed E-state index contributed by atoms with van der Waals surface area (Å²) in [5.41, 5.74) is 0. The van der Waals surface area contributed by atoms with E-state index in [-0.39, 0.29) is 25.7 Å². The van der Waals surface area contributed by atoms with Gasteiger partial charge in [0.25, 0.3) is 0 Å². The average Bonchev–Trinajstić information content (AvgIpc) is 0.930. The van der Waals surface area contributed by atoms with Crippen LogP contribution in [0.25, 0.3) is 0 Å². The highest BCUT2D eigenvalue weighted by Crippen LogP contribution is 2.45. The summed E-state index contributed by atoms with van der Waals surface area (Å²) in [5.74, 6) is -1.36. The molecule has 2 unspecified atom stereocenters. The minimum absolute atomic E-state index is 0.106. The topological polar surface area (TPSA) is 237 Å². The minimum Gasteiger partial charge on any atom is -0.462 e. The average molecular weight is 1470 g/mol. The van der Waals surface area contributed by atoms with E-state index in [0.29, 0.717) is 25.7 Å². The van der Waals surface area contributed by atoms with Gasteiger partial charge in [0.05, 0.1) is 26.4 Å². The lowest BCUT2D eigenvalue weighted by Gasteiger charge is -2.21. The molecule has 0 aromatic rings. The third-order valence-corrected chi connectivity index (χ3v) is 20.9. The zero-order chi connectivity index (χ0) is 73.4. The molecule has 0 radical (unpaired) electrons. The van der Waals surface area contributed by atoms with Gasteiger partial charge < -0.3 is 33.8 Å². The van der Waals surface area contributed by atoms with Gasteiger partial charge in [-0.15, -0.1) is 0 Å². The lowest BCUT2D eigenvalue weighted by atomic mass is 10.0. The first kappa shape index (κ1) is 98.1. The van der Waals surface area contributed by atoms with Crippen LogP contribution < -0.4 is 0 Å². The van der Waals surface area contributed by atoms with Crippen LogP contribution in [-0.4, -0.2) is 96.7 Å². The summed E-state index contributed by atoms with van der Waals surface area (Å²) in [6, 6.07) is 0. The molecule has 5 atom stereocenters. The number of phosphoric acid groups is 2. The molecule has 0 aliphatic rings. The zero-order valence-electron chi connectivity index (χ0n) is 65.3. The number of aliphatic hydroxyl groups excluding tert-OH is 1. The Labute approximate surface area is 613 Å². The third-order valence-electron chi connectivity index (χ3n) is 19.0. The molecule has 0 aliphatic heterocycles. The monoisotopic (exact) mass is 1470 g/mol. The number of hydrogen-bond acceptors (Lipinski definition) is 15. The van der Waals surface area contributed by atoms with Gasteiger partial charge in [-0.25, -0.2) is 9.13 Å². The Hall–Kier alpha value is -1.94. The number of unbranched alkanes of at least 4 members (excludes halogenated alkanes) is 53. The number of carbonyl (C=O) groups excluding carboxylic acids is 4. The maximum Gasteiger partial charge on any atom is 0.472 e. The molecule has 0 spiro atoms. The number of hydrogen-bond donors (Lipinski definition) is 3. The summed E-state index contributed by atoms with van der Waals surface area (Å²) in [7, 11) is -9.91. The van der Waals surface area contributed by atoms with Gasteiger partial charge >= 0.3 is 39.5 Å². The van der Waals surface area contributed by atoms with Crippen molar-refractivity contribution in [2.24, 2.45) is 5.92 Å². The van der Waals surface area contributed by atoms with E-state index in [4.69, 9.17) is 37.0 Å². The Morgan fingerprint density at radius 2 is 0.460 bits per heavy atom. The van der Waals surface area contributed by atoms with Crippen LogP contribution in [0.15, 0.2) is 0 Å². The molecule has 17 nitrogen and oxygen atoms in total. The molecule has 0 fully saturated rings. The van der Waals surface area contributed by atoms with Gasteiger partial charge in [-0.05, 0) is 31.6 Å². The number of esters is 4. The Balaban J connectivity index is 5.16. The highest BCUT2D eigenvalue weighted by atomic mass is 31.2. The molecular formula is C81H158O17P2. The van der Waals surface area contributed by atoms with Crippen LogP contribution >= 0.6 is 15.6 Å². The molecule has 0 heterocycles. The van der Waals surface area contributed by atoms with E-state index in [9.17, 15) is 43.2 Å². The summed E-state index contributed by atoms with van der Waals surface area (Å²) in [6.45, 7) is 7.27. The first-order valence-electron chi connectivity index (χ1n) is 42.1. The van der Waals surface area contributed by atoms with Crippen LogP contribution in [0.3, 0.4) is 0 Å². The number of ether oxygens (including phenoxy) is 4. The van der Waals surface area contributed by atoms with Crippen molar-refractivity contribution in [1.29, 1.82) is 0 Å². The summed E-state index contributed by atoms with van der Waals surface area (Å²) in [4.78, 5) is 72.8. The van der Waals surface area contributed by atoms with Crippen molar-refractivity contribution in [2.45, 2.75) is 451 Å². The van der Waals surface area contributed by atoms with Crippen LogP contribution in [0.2, 0.25) is 0 Å². The Kier molecular flexibility index (Phi) is 72.5. The fourth-order valence-corrected chi connectivity index (χ4v) is 14.2. The van der Waals surface area contributed by atoms with Gasteiger partial charge in [0, 0.05) is 25.7 Å². The molecule has 0 bridgehead atoms. The van der Waals surface area contributed by atoms with Gasteiger partial charge in [-0.2, -0.15) is 0 Å². The molecule has 0 aromatic heterocycles. The second-order valence-electron chi connectivity index (χ2n) is 29.6. The Morgan fingerprint density at radius 3 is 0.680 bits per heavy atom. The van der Waals surface area contributed by atoms with Crippen molar-refractivity contribution in [3.8, 4) is 0 Å². The predicted molar refractivity (Wildman–Crippen MR) is 409 cm³/mol. The van der Waals surface area contributed by atoms with E-state index >= 15 is 0 Å². The van der Waals surface area contributed by atoms with Crippen LogP contribution in [0.1, 0.15) is 433 Å². The normalized spacial score (nSPS) is 13.8. The van der Waals surface area contributed by atoms with Gasteiger partial charge in [-0.1, -0.05) is 381 Å². The highest BCUT2D eigenvalue weighted by Gasteiger charge is 2.30. The molecule has 0 aliphatic carbocycles. The molecule has 0 saturated heterocycles. The molecule has 3 N–H and O–H groups in total.